The Morgan fingerprint density at radius 3 is 2.23 bits per heavy atom. The van der Waals surface area contributed by atoms with E-state index in [1.54, 1.807) is 11.8 Å². The standard InChI is InChI=1S/C20H21N3O2S/c21-12-13-22-19(24)18(11-14-26-17-9-5-2-6-10-17)20(25)23-15-16-7-3-1-4-8-16/h1-10,18H,11,13-15H2,(H,22,24)(H,23,25). The summed E-state index contributed by atoms with van der Waals surface area (Å²) >= 11 is 1.60. The summed E-state index contributed by atoms with van der Waals surface area (Å²) in [6.45, 7) is 0.265. The van der Waals surface area contributed by atoms with E-state index in [1.807, 2.05) is 66.7 Å². The molecule has 0 aliphatic rings. The van der Waals surface area contributed by atoms with Gasteiger partial charge in [-0.2, -0.15) is 5.26 Å². The van der Waals surface area contributed by atoms with E-state index in [0.717, 1.165) is 10.5 Å². The van der Waals surface area contributed by atoms with Gasteiger partial charge in [-0.15, -0.1) is 11.8 Å². The summed E-state index contributed by atoms with van der Waals surface area (Å²) in [7, 11) is 0. The second-order valence-electron chi connectivity index (χ2n) is 5.58. The maximum atomic E-state index is 12.5. The van der Waals surface area contributed by atoms with Crippen molar-refractivity contribution >= 4 is 23.6 Å². The lowest BCUT2D eigenvalue weighted by Gasteiger charge is -2.16. The molecule has 1 unspecified atom stereocenters. The van der Waals surface area contributed by atoms with E-state index in [4.69, 9.17) is 5.26 Å². The predicted molar refractivity (Wildman–Crippen MR) is 102 cm³/mol. The summed E-state index contributed by atoms with van der Waals surface area (Å²) in [6, 6.07) is 21.2. The summed E-state index contributed by atoms with van der Waals surface area (Å²) in [6.07, 6.45) is 0.400. The van der Waals surface area contributed by atoms with E-state index < -0.39 is 11.8 Å². The average Bonchev–Trinajstić information content (AvgIpc) is 2.69. The zero-order valence-corrected chi connectivity index (χ0v) is 15.2. The lowest BCUT2D eigenvalue weighted by molar-refractivity contribution is -0.135. The van der Waals surface area contributed by atoms with Crippen LogP contribution in [-0.4, -0.2) is 24.1 Å². The topological polar surface area (TPSA) is 82.0 Å². The Bertz CT molecular complexity index is 745. The number of nitrogens with one attached hydrogen (secondary N) is 2. The van der Waals surface area contributed by atoms with Gasteiger partial charge in [-0.3, -0.25) is 9.59 Å². The second-order valence-corrected chi connectivity index (χ2v) is 6.75. The van der Waals surface area contributed by atoms with Crippen molar-refractivity contribution in [1.29, 1.82) is 5.26 Å². The van der Waals surface area contributed by atoms with Crippen molar-refractivity contribution in [2.24, 2.45) is 5.92 Å². The van der Waals surface area contributed by atoms with Crippen LogP contribution in [0, 0.1) is 17.2 Å². The first-order valence-corrected chi connectivity index (χ1v) is 9.33. The number of rotatable bonds is 9. The summed E-state index contributed by atoms with van der Waals surface area (Å²) in [5.41, 5.74) is 0.968. The van der Waals surface area contributed by atoms with Crippen LogP contribution in [-0.2, 0) is 16.1 Å². The minimum Gasteiger partial charge on any atom is -0.351 e. The predicted octanol–water partition coefficient (Wildman–Crippen LogP) is 2.74. The van der Waals surface area contributed by atoms with E-state index >= 15 is 0 Å². The van der Waals surface area contributed by atoms with E-state index in [2.05, 4.69) is 10.6 Å². The lowest BCUT2D eigenvalue weighted by Crippen LogP contribution is -2.41. The molecular formula is C20H21N3O2S. The van der Waals surface area contributed by atoms with E-state index in [9.17, 15) is 9.59 Å². The highest BCUT2D eigenvalue weighted by atomic mass is 32.2. The molecule has 2 amide bonds. The molecule has 2 aromatic carbocycles. The van der Waals surface area contributed by atoms with Crippen molar-refractivity contribution < 1.29 is 9.59 Å². The first-order valence-electron chi connectivity index (χ1n) is 8.35. The third kappa shape index (κ3) is 6.61. The molecule has 2 aromatic rings. The summed E-state index contributed by atoms with van der Waals surface area (Å²) in [4.78, 5) is 25.9. The second kappa shape index (κ2) is 11.0. The molecule has 6 heteroatoms. The fourth-order valence-electron chi connectivity index (χ4n) is 2.35. The number of nitriles is 1. The van der Waals surface area contributed by atoms with Gasteiger partial charge in [-0.1, -0.05) is 48.5 Å². The molecule has 134 valence electrons. The Kier molecular flexibility index (Phi) is 8.24. The maximum Gasteiger partial charge on any atom is 0.233 e. The van der Waals surface area contributed by atoms with Gasteiger partial charge in [-0.05, 0) is 29.9 Å². The number of benzene rings is 2. The van der Waals surface area contributed by atoms with Gasteiger partial charge in [-0.25, -0.2) is 0 Å². The quantitative estimate of drug-likeness (QED) is 0.406. The molecule has 0 fully saturated rings. The number of carbonyl (C=O) groups excluding carboxylic acids is 2. The molecule has 0 bridgehead atoms. The van der Waals surface area contributed by atoms with Crippen LogP contribution in [0.5, 0.6) is 0 Å². The minimum atomic E-state index is -0.816. The van der Waals surface area contributed by atoms with Crippen LogP contribution >= 0.6 is 11.8 Å². The number of nitrogens with zero attached hydrogens (tertiary/aromatic N) is 1. The van der Waals surface area contributed by atoms with E-state index in [1.165, 1.54) is 0 Å². The van der Waals surface area contributed by atoms with Crippen molar-refractivity contribution in [2.75, 3.05) is 12.3 Å². The Morgan fingerprint density at radius 2 is 1.58 bits per heavy atom. The summed E-state index contributed by atoms with van der Waals surface area (Å²) < 4.78 is 0. The van der Waals surface area contributed by atoms with Gasteiger partial charge >= 0.3 is 0 Å². The zero-order valence-electron chi connectivity index (χ0n) is 14.4. The highest BCUT2D eigenvalue weighted by Crippen LogP contribution is 2.20. The van der Waals surface area contributed by atoms with Crippen LogP contribution in [0.2, 0.25) is 0 Å². The monoisotopic (exact) mass is 367 g/mol. The number of carbonyl (C=O) groups is 2. The van der Waals surface area contributed by atoms with Gasteiger partial charge in [0.15, 0.2) is 0 Å². The van der Waals surface area contributed by atoms with Gasteiger partial charge in [0.05, 0.1) is 6.07 Å². The van der Waals surface area contributed by atoms with Crippen molar-refractivity contribution in [3.8, 4) is 6.07 Å². The molecule has 26 heavy (non-hydrogen) atoms. The Balaban J connectivity index is 1.92. The highest BCUT2D eigenvalue weighted by molar-refractivity contribution is 7.99. The van der Waals surface area contributed by atoms with Gasteiger partial charge in [0, 0.05) is 11.4 Å². The maximum absolute atomic E-state index is 12.5. The van der Waals surface area contributed by atoms with Gasteiger partial charge in [0.2, 0.25) is 11.8 Å². The SMILES string of the molecule is N#CCNC(=O)C(CCSc1ccccc1)C(=O)NCc1ccccc1. The van der Waals surface area contributed by atoms with Crippen molar-refractivity contribution in [3.05, 3.63) is 66.2 Å². The Labute approximate surface area is 157 Å². The molecule has 2 rings (SSSR count). The van der Waals surface area contributed by atoms with Gasteiger partial charge < -0.3 is 10.6 Å². The number of amides is 2. The Morgan fingerprint density at radius 1 is 0.962 bits per heavy atom. The third-order valence-corrected chi connectivity index (χ3v) is 4.75. The average molecular weight is 367 g/mol. The van der Waals surface area contributed by atoms with Crippen molar-refractivity contribution in [1.82, 2.24) is 10.6 Å². The number of hydrogen-bond acceptors (Lipinski definition) is 4. The van der Waals surface area contributed by atoms with Crippen molar-refractivity contribution in [3.63, 3.8) is 0 Å². The van der Waals surface area contributed by atoms with Crippen LogP contribution in [0.25, 0.3) is 0 Å². The highest BCUT2D eigenvalue weighted by Gasteiger charge is 2.25. The smallest absolute Gasteiger partial charge is 0.233 e. The lowest BCUT2D eigenvalue weighted by atomic mass is 10.0. The molecule has 0 aliphatic heterocycles. The molecule has 1 atom stereocenters. The zero-order chi connectivity index (χ0) is 18.6. The number of thioether (sulfide) groups is 1. The third-order valence-electron chi connectivity index (χ3n) is 3.70. The molecule has 0 radical (unpaired) electrons. The molecule has 0 heterocycles. The number of hydrogen-bond donors (Lipinski definition) is 2. The molecular weight excluding hydrogens is 346 g/mol. The Hall–Kier alpha value is -2.78. The first-order chi connectivity index (χ1) is 12.7. The molecule has 2 N–H and O–H groups in total. The summed E-state index contributed by atoms with van der Waals surface area (Å²) in [5.74, 6) is -0.917. The fourth-order valence-corrected chi connectivity index (χ4v) is 3.29. The fraction of sp³-hybridized carbons (Fsp3) is 0.250. The minimum absolute atomic E-state index is 0.104. The van der Waals surface area contributed by atoms with Crippen LogP contribution in [0.4, 0.5) is 0 Å². The van der Waals surface area contributed by atoms with E-state index in [-0.39, 0.29) is 12.5 Å². The van der Waals surface area contributed by atoms with Gasteiger partial charge in [0.1, 0.15) is 12.5 Å². The van der Waals surface area contributed by atoms with Gasteiger partial charge in [0.25, 0.3) is 0 Å². The molecule has 0 saturated heterocycles. The molecule has 0 spiro atoms. The van der Waals surface area contributed by atoms with Crippen LogP contribution in [0.1, 0.15) is 12.0 Å². The molecule has 0 aromatic heterocycles. The molecule has 5 nitrogen and oxygen atoms in total. The molecule has 0 aliphatic carbocycles. The summed E-state index contributed by atoms with van der Waals surface area (Å²) in [5, 5.41) is 13.9. The van der Waals surface area contributed by atoms with E-state index in [0.29, 0.717) is 18.7 Å². The van der Waals surface area contributed by atoms with Crippen LogP contribution in [0.3, 0.4) is 0 Å². The van der Waals surface area contributed by atoms with Crippen LogP contribution < -0.4 is 10.6 Å². The van der Waals surface area contributed by atoms with Crippen molar-refractivity contribution in [2.45, 2.75) is 17.9 Å². The normalized spacial score (nSPS) is 11.2. The first kappa shape index (κ1) is 19.5. The molecule has 0 saturated carbocycles. The largest absolute Gasteiger partial charge is 0.351 e. The van der Waals surface area contributed by atoms with Crippen LogP contribution in [0.15, 0.2) is 65.6 Å².